The van der Waals surface area contributed by atoms with Gasteiger partial charge in [-0.1, -0.05) is 18.2 Å². The Morgan fingerprint density at radius 1 is 1.13 bits per heavy atom. The molecule has 2 aromatic rings. The van der Waals surface area contributed by atoms with Gasteiger partial charge in [0.05, 0.1) is 16.2 Å². The molecule has 4 rings (SSSR count). The molecule has 2 aromatic carbocycles. The lowest BCUT2D eigenvalue weighted by atomic mass is 10.1. The minimum absolute atomic E-state index is 0.0475. The molecule has 1 saturated heterocycles. The van der Waals surface area contributed by atoms with Crippen LogP contribution in [0.25, 0.3) is 6.08 Å². The van der Waals surface area contributed by atoms with Gasteiger partial charge in [0, 0.05) is 13.0 Å². The third-order valence-electron chi connectivity index (χ3n) is 4.56. The number of nitrogens with one attached hydrogen (secondary N) is 1. The third-order valence-corrected chi connectivity index (χ3v) is 5.47. The molecule has 0 aliphatic carbocycles. The van der Waals surface area contributed by atoms with Crippen LogP contribution in [0.1, 0.15) is 22.3 Å². The molecule has 1 fully saturated rings. The molecule has 2 aliphatic heterocycles. The van der Waals surface area contributed by atoms with Crippen molar-refractivity contribution < 1.29 is 33.8 Å². The normalized spacial score (nSPS) is 16.1. The minimum atomic E-state index is -1.17. The SMILES string of the molecule is O=C(CCN1C(=O)S/C(=C\c2ccc3c(c2)OCO3)C1=O)Nc1ccccc1C(=O)O. The van der Waals surface area contributed by atoms with Gasteiger partial charge in [0.25, 0.3) is 11.1 Å². The molecule has 0 spiro atoms. The standard InChI is InChI=1S/C21H16N2O7S/c24-18(22-14-4-2-1-3-13(14)20(26)27)7-8-23-19(25)17(31-21(23)28)10-12-5-6-15-16(9-12)30-11-29-15/h1-6,9-10H,7-8,11H2,(H,22,24)(H,26,27)/b17-10-. The van der Waals surface area contributed by atoms with Crippen LogP contribution in [0.2, 0.25) is 0 Å². The van der Waals surface area contributed by atoms with E-state index in [9.17, 15) is 24.3 Å². The Morgan fingerprint density at radius 2 is 1.90 bits per heavy atom. The van der Waals surface area contributed by atoms with E-state index in [1.54, 1.807) is 36.4 Å². The van der Waals surface area contributed by atoms with Crippen molar-refractivity contribution >= 4 is 46.5 Å². The van der Waals surface area contributed by atoms with Crippen LogP contribution in [0.4, 0.5) is 10.5 Å². The second-order valence-corrected chi connectivity index (χ2v) is 7.59. The van der Waals surface area contributed by atoms with Crippen LogP contribution in [-0.4, -0.2) is 46.4 Å². The maximum absolute atomic E-state index is 12.6. The lowest BCUT2D eigenvalue weighted by Crippen LogP contribution is -2.31. The number of thioether (sulfide) groups is 1. The fraction of sp³-hybridized carbons (Fsp3) is 0.143. The Hall–Kier alpha value is -3.79. The molecule has 0 bridgehead atoms. The van der Waals surface area contributed by atoms with Crippen LogP contribution in [0.3, 0.4) is 0 Å². The van der Waals surface area contributed by atoms with E-state index in [1.807, 2.05) is 0 Å². The summed E-state index contributed by atoms with van der Waals surface area (Å²) < 4.78 is 10.6. The van der Waals surface area contributed by atoms with Gasteiger partial charge in [0.1, 0.15) is 0 Å². The van der Waals surface area contributed by atoms with E-state index < -0.39 is 23.0 Å². The molecule has 31 heavy (non-hydrogen) atoms. The Morgan fingerprint density at radius 3 is 2.71 bits per heavy atom. The Labute approximate surface area is 180 Å². The highest BCUT2D eigenvalue weighted by Gasteiger charge is 2.35. The highest BCUT2D eigenvalue weighted by atomic mass is 32.2. The van der Waals surface area contributed by atoms with Crippen LogP contribution in [0.5, 0.6) is 11.5 Å². The molecule has 2 heterocycles. The largest absolute Gasteiger partial charge is 0.478 e. The first-order valence-electron chi connectivity index (χ1n) is 9.19. The topological polar surface area (TPSA) is 122 Å². The molecule has 2 aliphatic rings. The van der Waals surface area contributed by atoms with Gasteiger partial charge in [-0.25, -0.2) is 4.79 Å². The molecular weight excluding hydrogens is 424 g/mol. The number of hydrogen-bond acceptors (Lipinski definition) is 7. The van der Waals surface area contributed by atoms with Gasteiger partial charge in [0.15, 0.2) is 11.5 Å². The Balaban J connectivity index is 1.39. The highest BCUT2D eigenvalue weighted by molar-refractivity contribution is 8.18. The third kappa shape index (κ3) is 4.38. The number of rotatable bonds is 6. The van der Waals surface area contributed by atoms with Crippen molar-refractivity contribution in [3.63, 3.8) is 0 Å². The average Bonchev–Trinajstić information content (AvgIpc) is 3.31. The summed E-state index contributed by atoms with van der Waals surface area (Å²) in [7, 11) is 0. The van der Waals surface area contributed by atoms with Gasteiger partial charge in [-0.05, 0) is 47.7 Å². The molecule has 0 atom stereocenters. The highest BCUT2D eigenvalue weighted by Crippen LogP contribution is 2.36. The number of amides is 3. The summed E-state index contributed by atoms with van der Waals surface area (Å²) in [6, 6.07) is 11.2. The number of nitrogens with zero attached hydrogens (tertiary/aromatic N) is 1. The summed E-state index contributed by atoms with van der Waals surface area (Å²) in [6.07, 6.45) is 1.42. The molecular formula is C21H16N2O7S. The predicted molar refractivity (Wildman–Crippen MR) is 112 cm³/mol. The summed E-state index contributed by atoms with van der Waals surface area (Å²) >= 11 is 0.789. The molecule has 10 heteroatoms. The summed E-state index contributed by atoms with van der Waals surface area (Å²) in [6.45, 7) is 0.0124. The van der Waals surface area contributed by atoms with E-state index in [0.29, 0.717) is 17.1 Å². The number of benzene rings is 2. The maximum Gasteiger partial charge on any atom is 0.337 e. The summed E-state index contributed by atoms with van der Waals surface area (Å²) in [5, 5.41) is 11.2. The zero-order valence-electron chi connectivity index (χ0n) is 16.0. The number of hydrogen-bond donors (Lipinski definition) is 2. The smallest absolute Gasteiger partial charge is 0.337 e. The number of para-hydroxylation sites is 1. The molecule has 9 nitrogen and oxygen atoms in total. The van der Waals surface area contributed by atoms with Crippen molar-refractivity contribution in [1.29, 1.82) is 0 Å². The number of carboxylic acids is 1. The average molecular weight is 440 g/mol. The maximum atomic E-state index is 12.6. The number of aromatic carboxylic acids is 1. The van der Waals surface area contributed by atoms with E-state index in [-0.39, 0.29) is 35.9 Å². The Kier molecular flexibility index (Phi) is 5.63. The van der Waals surface area contributed by atoms with Crippen LogP contribution in [-0.2, 0) is 9.59 Å². The van der Waals surface area contributed by atoms with E-state index in [0.717, 1.165) is 16.7 Å². The fourth-order valence-corrected chi connectivity index (χ4v) is 3.92. The van der Waals surface area contributed by atoms with Gasteiger partial charge in [0.2, 0.25) is 12.7 Å². The summed E-state index contributed by atoms with van der Waals surface area (Å²) in [5.41, 5.74) is 0.781. The van der Waals surface area contributed by atoms with E-state index in [1.165, 1.54) is 12.1 Å². The second-order valence-electron chi connectivity index (χ2n) is 6.59. The van der Waals surface area contributed by atoms with E-state index in [2.05, 4.69) is 5.32 Å². The first-order valence-corrected chi connectivity index (χ1v) is 10.0. The number of anilines is 1. The number of imide groups is 1. The van der Waals surface area contributed by atoms with Gasteiger partial charge in [-0.2, -0.15) is 0 Å². The second kappa shape index (κ2) is 8.52. The van der Waals surface area contributed by atoms with Gasteiger partial charge < -0.3 is 19.9 Å². The van der Waals surface area contributed by atoms with Crippen molar-refractivity contribution in [3.05, 3.63) is 58.5 Å². The number of ether oxygens (including phenoxy) is 2. The monoisotopic (exact) mass is 440 g/mol. The van der Waals surface area contributed by atoms with Crippen molar-refractivity contribution in [1.82, 2.24) is 4.90 Å². The number of carbonyl (C=O) groups is 4. The number of carboxylic acid groups (broad SMARTS) is 1. The zero-order chi connectivity index (χ0) is 22.0. The summed E-state index contributed by atoms with van der Waals surface area (Å²) in [4.78, 5) is 49.6. The van der Waals surface area contributed by atoms with Crippen molar-refractivity contribution in [2.24, 2.45) is 0 Å². The minimum Gasteiger partial charge on any atom is -0.478 e. The van der Waals surface area contributed by atoms with Crippen LogP contribution >= 0.6 is 11.8 Å². The van der Waals surface area contributed by atoms with Crippen molar-refractivity contribution in [2.45, 2.75) is 6.42 Å². The molecule has 0 unspecified atom stereocenters. The predicted octanol–water partition coefficient (Wildman–Crippen LogP) is 3.18. The number of carbonyl (C=O) groups excluding carboxylic acids is 3. The van der Waals surface area contributed by atoms with Crippen molar-refractivity contribution in [3.8, 4) is 11.5 Å². The van der Waals surface area contributed by atoms with Gasteiger partial charge in [-0.3, -0.25) is 19.3 Å². The van der Waals surface area contributed by atoms with Gasteiger partial charge in [-0.15, -0.1) is 0 Å². The Bertz CT molecular complexity index is 1130. The van der Waals surface area contributed by atoms with Gasteiger partial charge >= 0.3 is 5.97 Å². The first kappa shape index (κ1) is 20.5. The van der Waals surface area contributed by atoms with Crippen LogP contribution in [0.15, 0.2) is 47.4 Å². The lowest BCUT2D eigenvalue weighted by molar-refractivity contribution is -0.123. The summed E-state index contributed by atoms with van der Waals surface area (Å²) in [5.74, 6) is -0.999. The molecule has 3 amide bonds. The molecule has 0 aromatic heterocycles. The molecule has 158 valence electrons. The zero-order valence-corrected chi connectivity index (χ0v) is 16.8. The van der Waals surface area contributed by atoms with E-state index >= 15 is 0 Å². The van der Waals surface area contributed by atoms with Crippen LogP contribution < -0.4 is 14.8 Å². The van der Waals surface area contributed by atoms with E-state index in [4.69, 9.17) is 9.47 Å². The lowest BCUT2D eigenvalue weighted by Gasteiger charge is -2.13. The molecule has 2 N–H and O–H groups in total. The van der Waals surface area contributed by atoms with Crippen LogP contribution in [0, 0.1) is 0 Å². The first-order chi connectivity index (χ1) is 14.9. The molecule has 0 saturated carbocycles. The molecule has 0 radical (unpaired) electrons. The quantitative estimate of drug-likeness (QED) is 0.657. The van der Waals surface area contributed by atoms with Crippen molar-refractivity contribution in [2.75, 3.05) is 18.7 Å². The fourth-order valence-electron chi connectivity index (χ4n) is 3.05. The number of fused-ring (bicyclic) bond motifs is 1.